The number of halogens is 2. The van der Waals surface area contributed by atoms with Gasteiger partial charge in [-0.15, -0.1) is 0 Å². The second-order valence-corrected chi connectivity index (χ2v) is 5.60. The van der Waals surface area contributed by atoms with Gasteiger partial charge in [0.25, 0.3) is 0 Å². The van der Waals surface area contributed by atoms with Crippen LogP contribution in [0.15, 0.2) is 40.9 Å². The first kappa shape index (κ1) is 13.4. The lowest BCUT2D eigenvalue weighted by Gasteiger charge is -2.12. The highest BCUT2D eigenvalue weighted by Crippen LogP contribution is 2.30. The van der Waals surface area contributed by atoms with E-state index >= 15 is 0 Å². The van der Waals surface area contributed by atoms with Crippen LogP contribution in [0.3, 0.4) is 0 Å². The van der Waals surface area contributed by atoms with E-state index in [2.05, 4.69) is 35.0 Å². The van der Waals surface area contributed by atoms with Crippen molar-refractivity contribution >= 4 is 27.5 Å². The fourth-order valence-corrected chi connectivity index (χ4v) is 2.87. The van der Waals surface area contributed by atoms with Crippen molar-refractivity contribution in [3.05, 3.63) is 62.6 Å². The zero-order valence-electron chi connectivity index (χ0n) is 10.3. The maximum absolute atomic E-state index is 5.95. The molecule has 0 fully saturated rings. The topological polar surface area (TPSA) is 9.23 Å². The van der Waals surface area contributed by atoms with Gasteiger partial charge in [0.2, 0.25) is 0 Å². The number of rotatable bonds is 3. The van der Waals surface area contributed by atoms with E-state index in [-0.39, 0.29) is 0 Å². The van der Waals surface area contributed by atoms with Gasteiger partial charge in [0.05, 0.1) is 4.47 Å². The second kappa shape index (κ2) is 5.77. The molecule has 0 aromatic heterocycles. The van der Waals surface area contributed by atoms with Crippen LogP contribution in [0.4, 0.5) is 0 Å². The third kappa shape index (κ3) is 3.27. The molecule has 3 heteroatoms. The van der Waals surface area contributed by atoms with Crippen LogP contribution in [0.1, 0.15) is 16.7 Å². The molecule has 0 radical (unpaired) electrons. The molecule has 0 amide bonds. The standard InChI is InChI=1S/C15H14BrClO/c1-10-6-11(2)15(14(16)7-10)18-9-12-4-3-5-13(17)8-12/h3-8H,9H2,1-2H3. The predicted molar refractivity (Wildman–Crippen MR) is 79.4 cm³/mol. The molecule has 0 atom stereocenters. The zero-order chi connectivity index (χ0) is 13.1. The Kier molecular flexibility index (Phi) is 4.31. The Bertz CT molecular complexity index is 543. The predicted octanol–water partition coefficient (Wildman–Crippen LogP) is 5.30. The number of ether oxygens (including phenoxy) is 1. The Balaban J connectivity index is 2.16. The van der Waals surface area contributed by atoms with E-state index in [4.69, 9.17) is 16.3 Å². The molecule has 0 saturated carbocycles. The summed E-state index contributed by atoms with van der Waals surface area (Å²) in [6.07, 6.45) is 0. The minimum absolute atomic E-state index is 0.517. The molecule has 18 heavy (non-hydrogen) atoms. The molecule has 2 rings (SSSR count). The maximum atomic E-state index is 5.95. The molecule has 0 N–H and O–H groups in total. The van der Waals surface area contributed by atoms with Gasteiger partial charge in [-0.05, 0) is 64.7 Å². The first-order chi connectivity index (χ1) is 8.56. The summed E-state index contributed by atoms with van der Waals surface area (Å²) < 4.78 is 6.85. The molecule has 0 spiro atoms. The highest BCUT2D eigenvalue weighted by atomic mass is 79.9. The monoisotopic (exact) mass is 324 g/mol. The lowest BCUT2D eigenvalue weighted by Crippen LogP contribution is -1.98. The Morgan fingerprint density at radius 3 is 2.61 bits per heavy atom. The van der Waals surface area contributed by atoms with Crippen molar-refractivity contribution in [3.8, 4) is 5.75 Å². The summed E-state index contributed by atoms with van der Waals surface area (Å²) in [5, 5.41) is 0.732. The quantitative estimate of drug-likeness (QED) is 0.744. The third-order valence-corrected chi connectivity index (χ3v) is 3.47. The van der Waals surface area contributed by atoms with Crippen LogP contribution in [0.2, 0.25) is 5.02 Å². The Labute approximate surface area is 121 Å². The molecule has 0 bridgehead atoms. The fourth-order valence-electron chi connectivity index (χ4n) is 1.87. The third-order valence-electron chi connectivity index (χ3n) is 2.65. The SMILES string of the molecule is Cc1cc(C)c(OCc2cccc(Cl)c2)c(Br)c1. The summed E-state index contributed by atoms with van der Waals surface area (Å²) in [5.41, 5.74) is 3.41. The van der Waals surface area contributed by atoms with Crippen LogP contribution in [0.5, 0.6) is 5.75 Å². The largest absolute Gasteiger partial charge is 0.487 e. The average molecular weight is 326 g/mol. The zero-order valence-corrected chi connectivity index (χ0v) is 12.7. The highest BCUT2D eigenvalue weighted by Gasteiger charge is 2.06. The van der Waals surface area contributed by atoms with Crippen molar-refractivity contribution in [2.75, 3.05) is 0 Å². The minimum atomic E-state index is 0.517. The van der Waals surface area contributed by atoms with Crippen molar-refractivity contribution in [2.45, 2.75) is 20.5 Å². The average Bonchev–Trinajstić information content (AvgIpc) is 2.27. The lowest BCUT2D eigenvalue weighted by molar-refractivity contribution is 0.302. The van der Waals surface area contributed by atoms with Gasteiger partial charge in [0.1, 0.15) is 12.4 Å². The van der Waals surface area contributed by atoms with Crippen molar-refractivity contribution in [3.63, 3.8) is 0 Å². The van der Waals surface area contributed by atoms with Crippen molar-refractivity contribution in [2.24, 2.45) is 0 Å². The van der Waals surface area contributed by atoms with Crippen molar-refractivity contribution < 1.29 is 4.74 Å². The molecule has 1 nitrogen and oxygen atoms in total. The van der Waals surface area contributed by atoms with Gasteiger partial charge in [-0.25, -0.2) is 0 Å². The van der Waals surface area contributed by atoms with Gasteiger partial charge in [-0.1, -0.05) is 29.8 Å². The highest BCUT2D eigenvalue weighted by molar-refractivity contribution is 9.10. The lowest BCUT2D eigenvalue weighted by atomic mass is 10.1. The van der Waals surface area contributed by atoms with Gasteiger partial charge in [0.15, 0.2) is 0 Å². The van der Waals surface area contributed by atoms with Crippen LogP contribution >= 0.6 is 27.5 Å². The Hall–Kier alpha value is -0.990. The van der Waals surface area contributed by atoms with Gasteiger partial charge in [-0.2, -0.15) is 0 Å². The first-order valence-corrected chi connectivity index (χ1v) is 6.87. The van der Waals surface area contributed by atoms with Crippen LogP contribution in [-0.2, 0) is 6.61 Å². The summed E-state index contributed by atoms with van der Waals surface area (Å²) in [6, 6.07) is 11.9. The molecule has 0 heterocycles. The summed E-state index contributed by atoms with van der Waals surface area (Å²) in [4.78, 5) is 0. The van der Waals surface area contributed by atoms with Gasteiger partial charge in [-0.3, -0.25) is 0 Å². The second-order valence-electron chi connectivity index (χ2n) is 4.31. The first-order valence-electron chi connectivity index (χ1n) is 5.70. The molecule has 0 aliphatic rings. The molecule has 0 unspecified atom stereocenters. The van der Waals surface area contributed by atoms with E-state index in [1.807, 2.05) is 31.2 Å². The van der Waals surface area contributed by atoms with Gasteiger partial charge >= 0.3 is 0 Å². The number of benzene rings is 2. The van der Waals surface area contributed by atoms with Crippen LogP contribution in [-0.4, -0.2) is 0 Å². The molecular weight excluding hydrogens is 312 g/mol. The van der Waals surface area contributed by atoms with E-state index in [1.54, 1.807) is 0 Å². The number of hydrogen-bond acceptors (Lipinski definition) is 1. The molecule has 0 aliphatic carbocycles. The van der Waals surface area contributed by atoms with E-state index in [0.29, 0.717) is 6.61 Å². The van der Waals surface area contributed by atoms with Crippen LogP contribution < -0.4 is 4.74 Å². The smallest absolute Gasteiger partial charge is 0.136 e. The van der Waals surface area contributed by atoms with Gasteiger partial charge < -0.3 is 4.74 Å². The minimum Gasteiger partial charge on any atom is -0.487 e. The molecule has 2 aromatic rings. The molecule has 0 aliphatic heterocycles. The fraction of sp³-hybridized carbons (Fsp3) is 0.200. The molecule has 94 valence electrons. The van der Waals surface area contributed by atoms with Crippen LogP contribution in [0.25, 0.3) is 0 Å². The number of aryl methyl sites for hydroxylation is 2. The Morgan fingerprint density at radius 2 is 1.94 bits per heavy atom. The summed E-state index contributed by atoms with van der Waals surface area (Å²) in [5.74, 6) is 0.889. The van der Waals surface area contributed by atoms with E-state index in [9.17, 15) is 0 Å². The normalized spacial score (nSPS) is 10.4. The summed E-state index contributed by atoms with van der Waals surface area (Å²) in [6.45, 7) is 4.63. The number of hydrogen-bond donors (Lipinski definition) is 0. The Morgan fingerprint density at radius 1 is 1.17 bits per heavy atom. The van der Waals surface area contributed by atoms with E-state index < -0.39 is 0 Å². The van der Waals surface area contributed by atoms with Crippen LogP contribution in [0, 0.1) is 13.8 Å². The molecular formula is C15H14BrClO. The molecule has 2 aromatic carbocycles. The van der Waals surface area contributed by atoms with Crippen molar-refractivity contribution in [1.29, 1.82) is 0 Å². The van der Waals surface area contributed by atoms with Crippen molar-refractivity contribution in [1.82, 2.24) is 0 Å². The molecule has 0 saturated heterocycles. The van der Waals surface area contributed by atoms with Gasteiger partial charge in [0, 0.05) is 5.02 Å². The maximum Gasteiger partial charge on any atom is 0.136 e. The van der Waals surface area contributed by atoms with E-state index in [0.717, 1.165) is 26.4 Å². The summed E-state index contributed by atoms with van der Waals surface area (Å²) in [7, 11) is 0. The van der Waals surface area contributed by atoms with E-state index in [1.165, 1.54) is 5.56 Å². The summed E-state index contributed by atoms with van der Waals surface area (Å²) >= 11 is 9.48.